The highest BCUT2D eigenvalue weighted by Crippen LogP contribution is 2.23. The third-order valence-corrected chi connectivity index (χ3v) is 3.24. The Bertz CT molecular complexity index is 651. The molecule has 0 fully saturated rings. The molecule has 0 aliphatic carbocycles. The van der Waals surface area contributed by atoms with E-state index in [4.69, 9.17) is 0 Å². The highest BCUT2D eigenvalue weighted by Gasteiger charge is 2.12. The minimum absolute atomic E-state index is 0.207. The molecule has 2 rings (SSSR count). The molecule has 0 saturated carbocycles. The number of amides is 2. The minimum atomic E-state index is -0.328. The van der Waals surface area contributed by atoms with Crippen LogP contribution in [0.3, 0.4) is 0 Å². The molecule has 0 radical (unpaired) electrons. The average Bonchev–Trinajstić information content (AvgIpc) is 2.48. The maximum atomic E-state index is 12.0. The Hall–Kier alpha value is -2.62. The summed E-state index contributed by atoms with van der Waals surface area (Å²) in [5, 5.41) is 5.50. The van der Waals surface area contributed by atoms with Crippen LogP contribution in [-0.4, -0.2) is 11.8 Å². The summed E-state index contributed by atoms with van der Waals surface area (Å²) >= 11 is 0. The summed E-state index contributed by atoms with van der Waals surface area (Å²) in [6.45, 7) is 4.13. The van der Waals surface area contributed by atoms with Crippen molar-refractivity contribution < 1.29 is 9.59 Å². The number of nitrogens with one attached hydrogen (secondary N) is 2. The highest BCUT2D eigenvalue weighted by atomic mass is 16.2. The Kier molecular flexibility index (Phi) is 5.31. The SMILES string of the molecule is CC(C)c1ccccc1NC(=O)CC(=O)Nc1ccccc1. The molecule has 114 valence electrons. The van der Waals surface area contributed by atoms with Gasteiger partial charge in [-0.05, 0) is 29.7 Å². The predicted octanol–water partition coefficient (Wildman–Crippen LogP) is 3.78. The zero-order valence-corrected chi connectivity index (χ0v) is 12.8. The van der Waals surface area contributed by atoms with Gasteiger partial charge in [0.25, 0.3) is 0 Å². The molecular weight excluding hydrogens is 276 g/mol. The molecule has 22 heavy (non-hydrogen) atoms. The molecule has 0 heterocycles. The Balaban J connectivity index is 1.94. The summed E-state index contributed by atoms with van der Waals surface area (Å²) in [5.41, 5.74) is 2.50. The quantitative estimate of drug-likeness (QED) is 0.825. The first-order valence-corrected chi connectivity index (χ1v) is 7.30. The van der Waals surface area contributed by atoms with E-state index in [1.165, 1.54) is 0 Å². The number of benzene rings is 2. The Labute approximate surface area is 130 Å². The predicted molar refractivity (Wildman–Crippen MR) is 88.8 cm³/mol. The summed E-state index contributed by atoms with van der Waals surface area (Å²) in [6.07, 6.45) is -0.207. The third-order valence-electron chi connectivity index (χ3n) is 3.24. The van der Waals surface area contributed by atoms with Gasteiger partial charge in [-0.3, -0.25) is 9.59 Å². The first kappa shape index (κ1) is 15.8. The summed E-state index contributed by atoms with van der Waals surface area (Å²) in [7, 11) is 0. The van der Waals surface area contributed by atoms with Crippen molar-refractivity contribution in [3.8, 4) is 0 Å². The van der Waals surface area contributed by atoms with Crippen molar-refractivity contribution in [2.24, 2.45) is 0 Å². The lowest BCUT2D eigenvalue weighted by Crippen LogP contribution is -2.22. The molecule has 0 saturated heterocycles. The van der Waals surface area contributed by atoms with Crippen molar-refractivity contribution in [2.75, 3.05) is 10.6 Å². The molecule has 2 aromatic rings. The molecule has 0 atom stereocenters. The number of rotatable bonds is 5. The number of anilines is 2. The molecule has 2 N–H and O–H groups in total. The number of hydrogen-bond acceptors (Lipinski definition) is 2. The maximum Gasteiger partial charge on any atom is 0.233 e. The molecule has 0 spiro atoms. The van der Waals surface area contributed by atoms with Crippen molar-refractivity contribution >= 4 is 23.2 Å². The van der Waals surface area contributed by atoms with Gasteiger partial charge in [-0.15, -0.1) is 0 Å². The number of para-hydroxylation sites is 2. The monoisotopic (exact) mass is 296 g/mol. The summed E-state index contributed by atoms with van der Waals surface area (Å²) in [6, 6.07) is 16.7. The van der Waals surface area contributed by atoms with E-state index in [0.29, 0.717) is 11.6 Å². The fourth-order valence-electron chi connectivity index (χ4n) is 2.18. The zero-order valence-electron chi connectivity index (χ0n) is 12.8. The number of carbonyl (C=O) groups is 2. The molecule has 2 amide bonds. The zero-order chi connectivity index (χ0) is 15.9. The van der Waals surface area contributed by atoms with Crippen LogP contribution in [0.1, 0.15) is 31.7 Å². The van der Waals surface area contributed by atoms with Gasteiger partial charge in [0.1, 0.15) is 6.42 Å². The normalized spacial score (nSPS) is 10.3. The van der Waals surface area contributed by atoms with Crippen LogP contribution in [-0.2, 0) is 9.59 Å². The Morgan fingerprint density at radius 2 is 1.45 bits per heavy atom. The molecule has 0 aromatic heterocycles. The largest absolute Gasteiger partial charge is 0.326 e. The Morgan fingerprint density at radius 3 is 2.14 bits per heavy atom. The molecule has 4 heteroatoms. The van der Waals surface area contributed by atoms with E-state index >= 15 is 0 Å². The van der Waals surface area contributed by atoms with Crippen LogP contribution in [0.15, 0.2) is 54.6 Å². The summed E-state index contributed by atoms with van der Waals surface area (Å²) in [4.78, 5) is 23.9. The van der Waals surface area contributed by atoms with Gasteiger partial charge in [0, 0.05) is 11.4 Å². The number of hydrogen-bond donors (Lipinski definition) is 2. The van der Waals surface area contributed by atoms with E-state index in [2.05, 4.69) is 24.5 Å². The van der Waals surface area contributed by atoms with Crippen LogP contribution in [0.5, 0.6) is 0 Å². The van der Waals surface area contributed by atoms with Crippen LogP contribution in [0.4, 0.5) is 11.4 Å². The molecule has 4 nitrogen and oxygen atoms in total. The standard InChI is InChI=1S/C18H20N2O2/c1-13(2)15-10-6-7-11-16(15)20-18(22)12-17(21)19-14-8-4-3-5-9-14/h3-11,13H,12H2,1-2H3,(H,19,21)(H,20,22). The summed E-state index contributed by atoms with van der Waals surface area (Å²) < 4.78 is 0. The van der Waals surface area contributed by atoms with Crippen molar-refractivity contribution in [1.82, 2.24) is 0 Å². The Morgan fingerprint density at radius 1 is 0.864 bits per heavy atom. The van der Waals surface area contributed by atoms with Crippen LogP contribution in [0.25, 0.3) is 0 Å². The van der Waals surface area contributed by atoms with Crippen molar-refractivity contribution in [1.29, 1.82) is 0 Å². The average molecular weight is 296 g/mol. The molecule has 0 bridgehead atoms. The first-order chi connectivity index (χ1) is 10.6. The van der Waals surface area contributed by atoms with Gasteiger partial charge in [-0.2, -0.15) is 0 Å². The molecular formula is C18H20N2O2. The second-order valence-corrected chi connectivity index (χ2v) is 5.38. The van der Waals surface area contributed by atoms with Gasteiger partial charge in [-0.25, -0.2) is 0 Å². The molecule has 0 aliphatic heterocycles. The maximum absolute atomic E-state index is 12.0. The van der Waals surface area contributed by atoms with Gasteiger partial charge in [0.2, 0.25) is 11.8 Å². The molecule has 0 unspecified atom stereocenters. The van der Waals surface area contributed by atoms with Gasteiger partial charge in [0.15, 0.2) is 0 Å². The smallest absolute Gasteiger partial charge is 0.233 e. The van der Waals surface area contributed by atoms with E-state index < -0.39 is 0 Å². The fourth-order valence-corrected chi connectivity index (χ4v) is 2.18. The first-order valence-electron chi connectivity index (χ1n) is 7.30. The molecule has 0 aliphatic rings. The summed E-state index contributed by atoms with van der Waals surface area (Å²) in [5.74, 6) is -0.345. The van der Waals surface area contributed by atoms with E-state index in [-0.39, 0.29) is 18.2 Å². The lowest BCUT2D eigenvalue weighted by Gasteiger charge is -2.13. The van der Waals surface area contributed by atoms with Gasteiger partial charge < -0.3 is 10.6 Å². The van der Waals surface area contributed by atoms with Crippen LogP contribution in [0, 0.1) is 0 Å². The number of carbonyl (C=O) groups excluding carboxylic acids is 2. The van der Waals surface area contributed by atoms with Crippen molar-refractivity contribution in [2.45, 2.75) is 26.2 Å². The molecule has 2 aromatic carbocycles. The fraction of sp³-hybridized carbons (Fsp3) is 0.222. The van der Waals surface area contributed by atoms with E-state index in [1.807, 2.05) is 42.5 Å². The van der Waals surface area contributed by atoms with Gasteiger partial charge in [0.05, 0.1) is 0 Å². The van der Waals surface area contributed by atoms with Crippen LogP contribution < -0.4 is 10.6 Å². The van der Waals surface area contributed by atoms with Crippen LogP contribution in [0.2, 0.25) is 0 Å². The third kappa shape index (κ3) is 4.45. The van der Waals surface area contributed by atoms with Gasteiger partial charge in [-0.1, -0.05) is 50.2 Å². The minimum Gasteiger partial charge on any atom is -0.326 e. The van der Waals surface area contributed by atoms with Crippen LogP contribution >= 0.6 is 0 Å². The van der Waals surface area contributed by atoms with E-state index in [1.54, 1.807) is 12.1 Å². The second kappa shape index (κ2) is 7.41. The van der Waals surface area contributed by atoms with Crippen molar-refractivity contribution in [3.63, 3.8) is 0 Å². The van der Waals surface area contributed by atoms with E-state index in [0.717, 1.165) is 11.3 Å². The highest BCUT2D eigenvalue weighted by molar-refractivity contribution is 6.08. The second-order valence-electron chi connectivity index (χ2n) is 5.38. The topological polar surface area (TPSA) is 58.2 Å². The van der Waals surface area contributed by atoms with Gasteiger partial charge >= 0.3 is 0 Å². The van der Waals surface area contributed by atoms with E-state index in [9.17, 15) is 9.59 Å². The lowest BCUT2D eigenvalue weighted by molar-refractivity contribution is -0.123. The van der Waals surface area contributed by atoms with Crippen molar-refractivity contribution in [3.05, 3.63) is 60.2 Å². The lowest BCUT2D eigenvalue weighted by atomic mass is 10.0.